The van der Waals surface area contributed by atoms with Crippen LogP contribution in [0.2, 0.25) is 0 Å². The average Bonchev–Trinajstić information content (AvgIpc) is 2.49. The summed E-state index contributed by atoms with van der Waals surface area (Å²) in [5.41, 5.74) is 0. The minimum atomic E-state index is 0.994. The van der Waals surface area contributed by atoms with Gasteiger partial charge in [-0.05, 0) is 24.2 Å². The van der Waals surface area contributed by atoms with E-state index < -0.39 is 0 Å². The van der Waals surface area contributed by atoms with Gasteiger partial charge in [0.1, 0.15) is 0 Å². The molecule has 1 saturated carbocycles. The second-order valence-corrected chi connectivity index (χ2v) is 6.34. The first-order valence-corrected chi connectivity index (χ1v) is 9.41. The first kappa shape index (κ1) is 25.5. The van der Waals surface area contributed by atoms with Crippen molar-refractivity contribution < 1.29 is 0 Å². The molecule has 1 rings (SSSR count). The third-order valence-corrected chi connectivity index (χ3v) is 4.37. The predicted octanol–water partition coefficient (Wildman–Crippen LogP) is 7.72. The third kappa shape index (κ3) is 17.5. The van der Waals surface area contributed by atoms with Gasteiger partial charge in [-0.1, -0.05) is 99.8 Å². The minimum Gasteiger partial charge on any atom is -0.124 e. The van der Waals surface area contributed by atoms with Crippen molar-refractivity contribution >= 4 is 0 Å². The molecule has 0 aromatic carbocycles. The fourth-order valence-electron chi connectivity index (χ4n) is 2.56. The van der Waals surface area contributed by atoms with E-state index in [1.807, 2.05) is 0 Å². The maximum Gasteiger partial charge on any atom is -0.0363 e. The van der Waals surface area contributed by atoms with Gasteiger partial charge in [0, 0.05) is 0 Å². The SMILES string of the molecule is C#C.CCCC.CCCC(C)C1CCC1C.CCCCC. The van der Waals surface area contributed by atoms with Crippen LogP contribution in [0.3, 0.4) is 0 Å². The van der Waals surface area contributed by atoms with Crippen molar-refractivity contribution in [3.05, 3.63) is 0 Å². The molecule has 0 aromatic heterocycles. The lowest BCUT2D eigenvalue weighted by molar-refractivity contribution is 0.122. The van der Waals surface area contributed by atoms with Crippen molar-refractivity contribution in [3.8, 4) is 12.8 Å². The van der Waals surface area contributed by atoms with E-state index in [-0.39, 0.29) is 0 Å². The van der Waals surface area contributed by atoms with Crippen molar-refractivity contribution in [1.29, 1.82) is 0 Å². The highest BCUT2D eigenvalue weighted by Gasteiger charge is 2.30. The minimum absolute atomic E-state index is 0.994. The van der Waals surface area contributed by atoms with Crippen LogP contribution >= 0.6 is 0 Å². The molecule has 1 aliphatic carbocycles. The largest absolute Gasteiger partial charge is 0.124 e. The second kappa shape index (κ2) is 21.9. The molecule has 0 bridgehead atoms. The Labute approximate surface area is 137 Å². The summed E-state index contributed by atoms with van der Waals surface area (Å²) in [7, 11) is 0. The van der Waals surface area contributed by atoms with Crippen LogP contribution in [0.1, 0.15) is 106 Å². The molecule has 0 amide bonds. The van der Waals surface area contributed by atoms with Crippen LogP contribution in [0.15, 0.2) is 0 Å². The summed E-state index contributed by atoms with van der Waals surface area (Å²) in [5, 5.41) is 0. The fraction of sp³-hybridized carbons (Fsp3) is 0.905. The molecule has 3 unspecified atom stereocenters. The Morgan fingerprint density at radius 2 is 1.29 bits per heavy atom. The average molecular weight is 297 g/mol. The van der Waals surface area contributed by atoms with Gasteiger partial charge in [-0.15, -0.1) is 12.8 Å². The van der Waals surface area contributed by atoms with Crippen LogP contribution in [-0.4, -0.2) is 0 Å². The van der Waals surface area contributed by atoms with Crippen molar-refractivity contribution in [2.75, 3.05) is 0 Å². The molecule has 0 aromatic rings. The summed E-state index contributed by atoms with van der Waals surface area (Å²) >= 11 is 0. The maximum absolute atomic E-state index is 4.00. The van der Waals surface area contributed by atoms with Crippen molar-refractivity contribution in [3.63, 3.8) is 0 Å². The zero-order chi connectivity index (χ0) is 17.1. The molecule has 0 heterocycles. The highest BCUT2D eigenvalue weighted by atomic mass is 14.4. The normalized spacial score (nSPS) is 20.2. The van der Waals surface area contributed by atoms with Gasteiger partial charge >= 0.3 is 0 Å². The van der Waals surface area contributed by atoms with Crippen LogP contribution in [0.4, 0.5) is 0 Å². The Hall–Kier alpha value is -0.440. The van der Waals surface area contributed by atoms with E-state index >= 15 is 0 Å². The molecule has 3 atom stereocenters. The Morgan fingerprint density at radius 3 is 1.43 bits per heavy atom. The Morgan fingerprint density at radius 1 is 0.810 bits per heavy atom. The molecular weight excluding hydrogens is 252 g/mol. The van der Waals surface area contributed by atoms with E-state index in [0.29, 0.717) is 0 Å². The Kier molecular flexibility index (Phi) is 26.5. The number of terminal acetylenes is 1. The summed E-state index contributed by atoms with van der Waals surface area (Å²) in [6, 6.07) is 0. The van der Waals surface area contributed by atoms with Gasteiger partial charge in [-0.3, -0.25) is 0 Å². The van der Waals surface area contributed by atoms with Gasteiger partial charge in [0.2, 0.25) is 0 Å². The van der Waals surface area contributed by atoms with E-state index in [9.17, 15) is 0 Å². The second-order valence-electron chi connectivity index (χ2n) is 6.34. The lowest BCUT2D eigenvalue weighted by atomic mass is 9.67. The van der Waals surface area contributed by atoms with Gasteiger partial charge in [-0.25, -0.2) is 0 Å². The highest BCUT2D eigenvalue weighted by molar-refractivity contribution is 4.80. The number of unbranched alkanes of at least 4 members (excludes halogenated alkanes) is 3. The Bertz CT molecular complexity index is 176. The van der Waals surface area contributed by atoms with Crippen LogP contribution in [0.25, 0.3) is 0 Å². The van der Waals surface area contributed by atoms with Gasteiger partial charge < -0.3 is 0 Å². The summed E-state index contributed by atoms with van der Waals surface area (Å²) in [6.45, 7) is 15.9. The molecule has 0 aliphatic heterocycles. The maximum atomic E-state index is 4.00. The molecule has 21 heavy (non-hydrogen) atoms. The van der Waals surface area contributed by atoms with E-state index in [1.54, 1.807) is 0 Å². The van der Waals surface area contributed by atoms with Gasteiger partial charge in [-0.2, -0.15) is 0 Å². The van der Waals surface area contributed by atoms with E-state index in [4.69, 9.17) is 0 Å². The fourth-order valence-corrected chi connectivity index (χ4v) is 2.56. The molecule has 0 heteroatoms. The number of rotatable bonds is 6. The lowest BCUT2D eigenvalue weighted by Crippen LogP contribution is -2.28. The molecular formula is C21H44. The van der Waals surface area contributed by atoms with Gasteiger partial charge in [0.25, 0.3) is 0 Å². The van der Waals surface area contributed by atoms with E-state index in [1.165, 1.54) is 57.8 Å². The summed E-state index contributed by atoms with van der Waals surface area (Å²) in [5.74, 6) is 3.09. The van der Waals surface area contributed by atoms with Crippen molar-refractivity contribution in [2.45, 2.75) is 106 Å². The first-order chi connectivity index (χ1) is 10.1. The monoisotopic (exact) mass is 296 g/mol. The quantitative estimate of drug-likeness (QED) is 0.440. The third-order valence-electron chi connectivity index (χ3n) is 4.37. The van der Waals surface area contributed by atoms with E-state index in [0.717, 1.165) is 17.8 Å². The topological polar surface area (TPSA) is 0 Å². The zero-order valence-electron chi connectivity index (χ0n) is 16.3. The smallest absolute Gasteiger partial charge is 0.0363 e. The molecule has 0 radical (unpaired) electrons. The summed E-state index contributed by atoms with van der Waals surface area (Å²) in [6.07, 6.45) is 20.5. The van der Waals surface area contributed by atoms with Crippen molar-refractivity contribution in [1.82, 2.24) is 0 Å². The zero-order valence-corrected chi connectivity index (χ0v) is 16.3. The molecule has 0 nitrogen and oxygen atoms in total. The van der Waals surface area contributed by atoms with Crippen LogP contribution in [0.5, 0.6) is 0 Å². The van der Waals surface area contributed by atoms with Gasteiger partial charge in [0.15, 0.2) is 0 Å². The molecule has 0 spiro atoms. The van der Waals surface area contributed by atoms with Crippen LogP contribution in [0, 0.1) is 30.6 Å². The lowest BCUT2D eigenvalue weighted by Gasteiger charge is -2.38. The van der Waals surface area contributed by atoms with Crippen LogP contribution < -0.4 is 0 Å². The number of hydrogen-bond donors (Lipinski definition) is 0. The van der Waals surface area contributed by atoms with Gasteiger partial charge in [0.05, 0.1) is 0 Å². The molecule has 0 N–H and O–H groups in total. The number of hydrogen-bond acceptors (Lipinski definition) is 0. The van der Waals surface area contributed by atoms with Crippen molar-refractivity contribution in [2.24, 2.45) is 17.8 Å². The Balaban J connectivity index is -0.000000250. The molecule has 128 valence electrons. The predicted molar refractivity (Wildman–Crippen MR) is 102 cm³/mol. The molecule has 1 aliphatic rings. The molecule has 1 fully saturated rings. The molecule has 0 saturated heterocycles. The summed E-state index contributed by atoms with van der Waals surface area (Å²) in [4.78, 5) is 0. The summed E-state index contributed by atoms with van der Waals surface area (Å²) < 4.78 is 0. The van der Waals surface area contributed by atoms with E-state index in [2.05, 4.69) is 61.3 Å². The first-order valence-electron chi connectivity index (χ1n) is 9.41. The highest BCUT2D eigenvalue weighted by Crippen LogP contribution is 2.40. The standard InChI is InChI=1S/C10H20.C5H12.C4H10.C2H2/c1-4-5-8(2)10-7-6-9(10)3;1-3-5-4-2;1-3-4-2;1-2/h8-10H,4-7H2,1-3H3;3-5H2,1-2H3;3-4H2,1-2H3;1-2H. The van der Waals surface area contributed by atoms with Crippen LogP contribution in [-0.2, 0) is 0 Å².